The molecule has 2 aromatic carbocycles. The first-order chi connectivity index (χ1) is 14.7. The van der Waals surface area contributed by atoms with E-state index in [1.165, 1.54) is 30.0 Å². The lowest BCUT2D eigenvalue weighted by molar-refractivity contribution is -0.158. The number of amides is 2. The monoisotopic (exact) mass is 434 g/mol. The highest BCUT2D eigenvalue weighted by Gasteiger charge is 2.31. The van der Waals surface area contributed by atoms with Crippen LogP contribution in [0.25, 0.3) is 0 Å². The number of rotatable bonds is 5. The third-order valence-electron chi connectivity index (χ3n) is 5.03. The third kappa shape index (κ3) is 5.62. The minimum Gasteiger partial charge on any atom is -0.452 e. The van der Waals surface area contributed by atoms with Gasteiger partial charge in [0.25, 0.3) is 11.8 Å². The average molecular weight is 434 g/mol. The number of carbonyl (C=O) groups excluding carboxylic acids is 3. The highest BCUT2D eigenvalue weighted by Crippen LogP contribution is 2.22. The molecule has 1 aliphatic heterocycles. The predicted octanol–water partition coefficient (Wildman–Crippen LogP) is 3.53. The van der Waals surface area contributed by atoms with Crippen molar-refractivity contribution in [3.63, 3.8) is 0 Å². The van der Waals surface area contributed by atoms with Crippen LogP contribution in [0.1, 0.15) is 30.1 Å². The van der Waals surface area contributed by atoms with Crippen molar-refractivity contribution in [1.82, 2.24) is 4.90 Å². The van der Waals surface area contributed by atoms with E-state index in [-0.39, 0.29) is 37.2 Å². The second-order valence-corrected chi connectivity index (χ2v) is 7.27. The van der Waals surface area contributed by atoms with Crippen LogP contribution in [0, 0.1) is 23.4 Å². The van der Waals surface area contributed by atoms with Crippen molar-refractivity contribution in [2.75, 3.05) is 18.4 Å². The molecule has 0 aromatic heterocycles. The van der Waals surface area contributed by atoms with Gasteiger partial charge in [-0.1, -0.05) is 6.07 Å². The maximum absolute atomic E-state index is 13.8. The summed E-state index contributed by atoms with van der Waals surface area (Å²) < 4.78 is 45.3. The third-order valence-corrected chi connectivity index (χ3v) is 5.03. The normalized spacial score (nSPS) is 15.3. The zero-order valence-electron chi connectivity index (χ0n) is 16.7. The lowest BCUT2D eigenvalue weighted by Gasteiger charge is -2.31. The Morgan fingerprint density at radius 1 is 1.03 bits per heavy atom. The van der Waals surface area contributed by atoms with Gasteiger partial charge in [-0.25, -0.2) is 13.2 Å². The summed E-state index contributed by atoms with van der Waals surface area (Å²) in [4.78, 5) is 38.4. The molecular weight excluding hydrogens is 413 g/mol. The molecular formula is C22H21F3N2O4. The Morgan fingerprint density at radius 2 is 1.71 bits per heavy atom. The number of nitrogens with zero attached hydrogens (tertiary/aromatic N) is 1. The second-order valence-electron chi connectivity index (χ2n) is 7.27. The standard InChI is InChI=1S/C22H21F3N2O4/c1-13(20(28)26-17-4-2-3-15(23)11-17)31-22(30)14-7-9-27(10-8-14)21(29)18-6-5-16(24)12-19(18)25/h2-6,11-14H,7-10H2,1H3,(H,26,28). The van der Waals surface area contributed by atoms with Crippen molar-refractivity contribution in [2.24, 2.45) is 5.92 Å². The van der Waals surface area contributed by atoms with Crippen LogP contribution in [0.3, 0.4) is 0 Å². The van der Waals surface area contributed by atoms with E-state index < -0.39 is 47.3 Å². The summed E-state index contributed by atoms with van der Waals surface area (Å²) in [6.07, 6.45) is -0.527. The summed E-state index contributed by atoms with van der Waals surface area (Å²) >= 11 is 0. The van der Waals surface area contributed by atoms with Gasteiger partial charge in [0.15, 0.2) is 6.10 Å². The number of esters is 1. The van der Waals surface area contributed by atoms with Crippen molar-refractivity contribution < 1.29 is 32.3 Å². The van der Waals surface area contributed by atoms with E-state index in [1.807, 2.05) is 0 Å². The van der Waals surface area contributed by atoms with Crippen LogP contribution in [-0.4, -0.2) is 41.9 Å². The quantitative estimate of drug-likeness (QED) is 0.731. The van der Waals surface area contributed by atoms with E-state index in [1.54, 1.807) is 0 Å². The number of ether oxygens (including phenoxy) is 1. The number of carbonyl (C=O) groups is 3. The van der Waals surface area contributed by atoms with E-state index >= 15 is 0 Å². The largest absolute Gasteiger partial charge is 0.452 e. The van der Waals surface area contributed by atoms with E-state index in [0.717, 1.165) is 18.2 Å². The van der Waals surface area contributed by atoms with Crippen LogP contribution < -0.4 is 5.32 Å². The number of piperidine rings is 1. The zero-order valence-corrected chi connectivity index (χ0v) is 16.7. The second kappa shape index (κ2) is 9.63. The molecule has 31 heavy (non-hydrogen) atoms. The minimum atomic E-state index is -1.09. The molecule has 9 heteroatoms. The molecule has 164 valence electrons. The van der Waals surface area contributed by atoms with Gasteiger partial charge < -0.3 is 15.0 Å². The molecule has 1 N–H and O–H groups in total. The Balaban J connectivity index is 1.50. The number of hydrogen-bond donors (Lipinski definition) is 1. The summed E-state index contributed by atoms with van der Waals surface area (Å²) in [5.74, 6) is -4.50. The Bertz CT molecular complexity index is 990. The number of nitrogens with one attached hydrogen (secondary N) is 1. The first-order valence-electron chi connectivity index (χ1n) is 9.76. The molecule has 0 spiro atoms. The number of benzene rings is 2. The van der Waals surface area contributed by atoms with Crippen molar-refractivity contribution >= 4 is 23.5 Å². The zero-order chi connectivity index (χ0) is 22.5. The molecule has 2 aromatic rings. The lowest BCUT2D eigenvalue weighted by Crippen LogP contribution is -2.42. The van der Waals surface area contributed by atoms with Crippen LogP contribution in [-0.2, 0) is 14.3 Å². The fourth-order valence-corrected chi connectivity index (χ4v) is 3.29. The maximum Gasteiger partial charge on any atom is 0.309 e. The van der Waals surface area contributed by atoms with E-state index in [0.29, 0.717) is 6.07 Å². The molecule has 6 nitrogen and oxygen atoms in total. The fourth-order valence-electron chi connectivity index (χ4n) is 3.29. The van der Waals surface area contributed by atoms with Gasteiger partial charge in [0.2, 0.25) is 0 Å². The van der Waals surface area contributed by atoms with Crippen LogP contribution >= 0.6 is 0 Å². The Kier molecular flexibility index (Phi) is 6.94. The van der Waals surface area contributed by atoms with E-state index in [9.17, 15) is 27.6 Å². The highest BCUT2D eigenvalue weighted by atomic mass is 19.1. The number of hydrogen-bond acceptors (Lipinski definition) is 4. The van der Waals surface area contributed by atoms with E-state index in [2.05, 4.69) is 5.32 Å². The summed E-state index contributed by atoms with van der Waals surface area (Å²) in [6.45, 7) is 1.79. The van der Waals surface area contributed by atoms with Gasteiger partial charge in [-0.3, -0.25) is 14.4 Å². The SMILES string of the molecule is CC(OC(=O)C1CCN(C(=O)c2ccc(F)cc2F)CC1)C(=O)Nc1cccc(F)c1. The van der Waals surface area contributed by atoms with Crippen molar-refractivity contribution in [3.8, 4) is 0 Å². The number of likely N-dealkylation sites (tertiary alicyclic amines) is 1. The van der Waals surface area contributed by atoms with Crippen LogP contribution in [0.4, 0.5) is 18.9 Å². The van der Waals surface area contributed by atoms with Crippen molar-refractivity contribution in [2.45, 2.75) is 25.9 Å². The Morgan fingerprint density at radius 3 is 2.35 bits per heavy atom. The molecule has 1 heterocycles. The van der Waals surface area contributed by atoms with E-state index in [4.69, 9.17) is 4.74 Å². The lowest BCUT2D eigenvalue weighted by atomic mass is 9.96. The summed E-state index contributed by atoms with van der Waals surface area (Å²) in [5.41, 5.74) is 0.0119. The van der Waals surface area contributed by atoms with Crippen molar-refractivity contribution in [3.05, 3.63) is 65.5 Å². The molecule has 1 unspecified atom stereocenters. The van der Waals surface area contributed by atoms with Gasteiger partial charge >= 0.3 is 5.97 Å². The number of anilines is 1. The predicted molar refractivity (Wildman–Crippen MR) is 106 cm³/mol. The first kappa shape index (κ1) is 22.3. The average Bonchev–Trinajstić information content (AvgIpc) is 2.73. The molecule has 1 saturated heterocycles. The molecule has 0 aliphatic carbocycles. The molecule has 0 radical (unpaired) electrons. The van der Waals surface area contributed by atoms with Gasteiger partial charge in [-0.2, -0.15) is 0 Å². The van der Waals surface area contributed by atoms with Crippen LogP contribution in [0.15, 0.2) is 42.5 Å². The molecule has 0 saturated carbocycles. The van der Waals surface area contributed by atoms with Gasteiger partial charge in [-0.05, 0) is 50.1 Å². The first-order valence-corrected chi connectivity index (χ1v) is 9.76. The molecule has 1 fully saturated rings. The highest BCUT2D eigenvalue weighted by molar-refractivity contribution is 5.95. The molecule has 3 rings (SSSR count). The molecule has 1 atom stereocenters. The molecule has 1 aliphatic rings. The Hall–Kier alpha value is -3.36. The topological polar surface area (TPSA) is 75.7 Å². The summed E-state index contributed by atoms with van der Waals surface area (Å²) in [5, 5.41) is 2.47. The van der Waals surface area contributed by atoms with Gasteiger partial charge in [0.05, 0.1) is 11.5 Å². The van der Waals surface area contributed by atoms with Gasteiger partial charge in [-0.15, -0.1) is 0 Å². The molecule has 0 bridgehead atoms. The molecule has 2 amide bonds. The maximum atomic E-state index is 13.8. The fraction of sp³-hybridized carbons (Fsp3) is 0.318. The number of halogens is 3. The van der Waals surface area contributed by atoms with Crippen LogP contribution in [0.5, 0.6) is 0 Å². The van der Waals surface area contributed by atoms with Crippen molar-refractivity contribution in [1.29, 1.82) is 0 Å². The van der Waals surface area contributed by atoms with Crippen LogP contribution in [0.2, 0.25) is 0 Å². The Labute approximate surface area is 177 Å². The smallest absolute Gasteiger partial charge is 0.309 e. The summed E-state index contributed by atoms with van der Waals surface area (Å²) in [7, 11) is 0. The summed E-state index contributed by atoms with van der Waals surface area (Å²) in [6, 6.07) is 8.07. The minimum absolute atomic E-state index is 0.194. The van der Waals surface area contributed by atoms with Gasteiger partial charge in [0.1, 0.15) is 17.5 Å². The van der Waals surface area contributed by atoms with Gasteiger partial charge in [0, 0.05) is 24.8 Å².